The number of nitrogens with one attached hydrogen (secondary N) is 1. The van der Waals surface area contributed by atoms with Crippen molar-refractivity contribution >= 4 is 0 Å². The summed E-state index contributed by atoms with van der Waals surface area (Å²) in [7, 11) is 0. The van der Waals surface area contributed by atoms with E-state index in [1.54, 1.807) is 0 Å². The Kier molecular flexibility index (Phi) is 4.48. The van der Waals surface area contributed by atoms with Gasteiger partial charge in [0.2, 0.25) is 0 Å². The second kappa shape index (κ2) is 6.13. The molecule has 0 aromatic heterocycles. The lowest BCUT2D eigenvalue weighted by Gasteiger charge is -2.44. The van der Waals surface area contributed by atoms with E-state index in [-0.39, 0.29) is 5.60 Å². The Balaban J connectivity index is 1.52. The highest BCUT2D eigenvalue weighted by Gasteiger charge is 2.39. The standard InChI is InChI=1S/C17H31NO/c1-14(15-7-3-4-8-15)18-16-9-12-19-17(13-16)10-5-2-6-11-17/h14-16,18H,2-13H2,1H3/t14-,16?/m1/s1. The molecule has 2 saturated carbocycles. The highest BCUT2D eigenvalue weighted by atomic mass is 16.5. The molecule has 1 aliphatic heterocycles. The van der Waals surface area contributed by atoms with Crippen LogP contribution in [0.2, 0.25) is 0 Å². The second-order valence-corrected chi connectivity index (χ2v) is 7.28. The van der Waals surface area contributed by atoms with Crippen molar-refractivity contribution in [2.75, 3.05) is 6.61 Å². The largest absolute Gasteiger partial charge is 0.375 e. The quantitative estimate of drug-likeness (QED) is 0.831. The van der Waals surface area contributed by atoms with Crippen LogP contribution in [0.5, 0.6) is 0 Å². The summed E-state index contributed by atoms with van der Waals surface area (Å²) in [4.78, 5) is 0. The van der Waals surface area contributed by atoms with Gasteiger partial charge >= 0.3 is 0 Å². The third-order valence-electron chi connectivity index (χ3n) is 5.86. The molecule has 3 fully saturated rings. The minimum atomic E-state index is 0.254. The third kappa shape index (κ3) is 3.33. The molecule has 0 amide bonds. The second-order valence-electron chi connectivity index (χ2n) is 7.28. The summed E-state index contributed by atoms with van der Waals surface area (Å²) >= 11 is 0. The maximum atomic E-state index is 6.20. The lowest BCUT2D eigenvalue weighted by atomic mass is 9.78. The van der Waals surface area contributed by atoms with Crippen molar-refractivity contribution in [2.24, 2.45) is 5.92 Å². The Labute approximate surface area is 118 Å². The van der Waals surface area contributed by atoms with E-state index >= 15 is 0 Å². The van der Waals surface area contributed by atoms with Crippen LogP contribution in [0.3, 0.4) is 0 Å². The van der Waals surface area contributed by atoms with Crippen molar-refractivity contribution in [1.82, 2.24) is 5.32 Å². The van der Waals surface area contributed by atoms with E-state index in [2.05, 4.69) is 12.2 Å². The molecule has 2 nitrogen and oxygen atoms in total. The van der Waals surface area contributed by atoms with Gasteiger partial charge < -0.3 is 10.1 Å². The minimum Gasteiger partial charge on any atom is -0.375 e. The van der Waals surface area contributed by atoms with E-state index in [4.69, 9.17) is 4.74 Å². The smallest absolute Gasteiger partial charge is 0.0697 e. The van der Waals surface area contributed by atoms with Gasteiger partial charge in [0.1, 0.15) is 0 Å². The van der Waals surface area contributed by atoms with Gasteiger partial charge in [0.15, 0.2) is 0 Å². The molecule has 3 aliphatic rings. The summed E-state index contributed by atoms with van der Waals surface area (Å²) in [6, 6.07) is 1.42. The number of rotatable bonds is 3. The first-order chi connectivity index (χ1) is 9.27. The lowest BCUT2D eigenvalue weighted by molar-refractivity contribution is -0.110. The zero-order chi connectivity index (χ0) is 13.1. The van der Waals surface area contributed by atoms with Gasteiger partial charge in [0, 0.05) is 18.7 Å². The van der Waals surface area contributed by atoms with Gasteiger partial charge in [0.05, 0.1) is 5.60 Å². The number of hydrogen-bond donors (Lipinski definition) is 1. The van der Waals surface area contributed by atoms with Crippen LogP contribution in [0.4, 0.5) is 0 Å². The van der Waals surface area contributed by atoms with Crippen LogP contribution in [-0.4, -0.2) is 24.3 Å². The Bertz CT molecular complexity index is 273. The van der Waals surface area contributed by atoms with Crippen molar-refractivity contribution < 1.29 is 4.74 Å². The van der Waals surface area contributed by atoms with Crippen molar-refractivity contribution in [2.45, 2.75) is 95.2 Å². The van der Waals surface area contributed by atoms with E-state index in [9.17, 15) is 0 Å². The SMILES string of the molecule is C[C@@H](NC1CCOC2(CCCCC2)C1)C1CCCC1. The van der Waals surface area contributed by atoms with Crippen LogP contribution < -0.4 is 5.32 Å². The fourth-order valence-corrected chi connectivity index (χ4v) is 4.68. The Morgan fingerprint density at radius 1 is 1.00 bits per heavy atom. The summed E-state index contributed by atoms with van der Waals surface area (Å²) in [5, 5.41) is 3.95. The fraction of sp³-hybridized carbons (Fsp3) is 1.00. The zero-order valence-electron chi connectivity index (χ0n) is 12.6. The Morgan fingerprint density at radius 3 is 2.47 bits per heavy atom. The molecule has 0 radical (unpaired) electrons. The monoisotopic (exact) mass is 265 g/mol. The summed E-state index contributed by atoms with van der Waals surface area (Å²) in [6.07, 6.45) is 15.1. The number of ether oxygens (including phenoxy) is 1. The topological polar surface area (TPSA) is 21.3 Å². The van der Waals surface area contributed by atoms with Crippen molar-refractivity contribution in [3.05, 3.63) is 0 Å². The van der Waals surface area contributed by atoms with Crippen LogP contribution in [-0.2, 0) is 4.74 Å². The molecular formula is C17H31NO. The summed E-state index contributed by atoms with van der Waals surface area (Å²) in [5.74, 6) is 0.935. The van der Waals surface area contributed by atoms with E-state index in [0.29, 0.717) is 12.1 Å². The van der Waals surface area contributed by atoms with Crippen LogP contribution in [0, 0.1) is 5.92 Å². The molecule has 1 saturated heterocycles. The molecule has 0 bridgehead atoms. The normalized spacial score (nSPS) is 33.6. The predicted molar refractivity (Wildman–Crippen MR) is 79.3 cm³/mol. The molecule has 1 heterocycles. The van der Waals surface area contributed by atoms with Crippen molar-refractivity contribution in [1.29, 1.82) is 0 Å². The predicted octanol–water partition coefficient (Wildman–Crippen LogP) is 4.04. The molecule has 1 unspecified atom stereocenters. The average molecular weight is 265 g/mol. The van der Waals surface area contributed by atoms with Crippen LogP contribution in [0.15, 0.2) is 0 Å². The first-order valence-electron chi connectivity index (χ1n) is 8.67. The maximum absolute atomic E-state index is 6.20. The van der Waals surface area contributed by atoms with Gasteiger partial charge in [-0.05, 0) is 51.4 Å². The summed E-state index contributed by atoms with van der Waals surface area (Å²) in [6.45, 7) is 3.40. The maximum Gasteiger partial charge on any atom is 0.0697 e. The highest BCUT2D eigenvalue weighted by molar-refractivity contribution is 4.93. The number of hydrogen-bond acceptors (Lipinski definition) is 2. The van der Waals surface area contributed by atoms with E-state index in [1.807, 2.05) is 0 Å². The highest BCUT2D eigenvalue weighted by Crippen LogP contribution is 2.39. The molecule has 1 spiro atoms. The molecule has 0 aromatic carbocycles. The van der Waals surface area contributed by atoms with Gasteiger partial charge in [-0.3, -0.25) is 0 Å². The van der Waals surface area contributed by atoms with Gasteiger partial charge in [0.25, 0.3) is 0 Å². The van der Waals surface area contributed by atoms with Gasteiger partial charge in [-0.1, -0.05) is 32.1 Å². The molecule has 2 aliphatic carbocycles. The summed E-state index contributed by atoms with van der Waals surface area (Å²) in [5.41, 5.74) is 0.254. The molecule has 2 heteroatoms. The molecule has 0 aromatic rings. The Hall–Kier alpha value is -0.0800. The minimum absolute atomic E-state index is 0.254. The zero-order valence-corrected chi connectivity index (χ0v) is 12.6. The molecular weight excluding hydrogens is 234 g/mol. The van der Waals surface area contributed by atoms with Crippen molar-refractivity contribution in [3.63, 3.8) is 0 Å². The molecule has 2 atom stereocenters. The summed E-state index contributed by atoms with van der Waals surface area (Å²) < 4.78 is 6.20. The molecule has 110 valence electrons. The van der Waals surface area contributed by atoms with Crippen LogP contribution >= 0.6 is 0 Å². The molecule has 3 rings (SSSR count). The lowest BCUT2D eigenvalue weighted by Crippen LogP contribution is -2.51. The van der Waals surface area contributed by atoms with E-state index in [1.165, 1.54) is 70.6 Å². The van der Waals surface area contributed by atoms with Crippen molar-refractivity contribution in [3.8, 4) is 0 Å². The van der Waals surface area contributed by atoms with Crippen LogP contribution in [0.1, 0.15) is 77.6 Å². The molecule has 1 N–H and O–H groups in total. The first-order valence-corrected chi connectivity index (χ1v) is 8.67. The Morgan fingerprint density at radius 2 is 1.74 bits per heavy atom. The van der Waals surface area contributed by atoms with Gasteiger partial charge in [-0.25, -0.2) is 0 Å². The van der Waals surface area contributed by atoms with Gasteiger partial charge in [-0.15, -0.1) is 0 Å². The van der Waals surface area contributed by atoms with Crippen LogP contribution in [0.25, 0.3) is 0 Å². The molecule has 19 heavy (non-hydrogen) atoms. The first kappa shape index (κ1) is 13.9. The average Bonchev–Trinajstić information content (AvgIpc) is 2.93. The van der Waals surface area contributed by atoms with E-state index in [0.717, 1.165) is 12.5 Å². The fourth-order valence-electron chi connectivity index (χ4n) is 4.68. The van der Waals surface area contributed by atoms with E-state index < -0.39 is 0 Å². The third-order valence-corrected chi connectivity index (χ3v) is 5.86. The van der Waals surface area contributed by atoms with Gasteiger partial charge in [-0.2, -0.15) is 0 Å².